The second-order valence-corrected chi connectivity index (χ2v) is 4.80. The molecule has 0 radical (unpaired) electrons. The molecule has 0 fully saturated rings. The van der Waals surface area contributed by atoms with Gasteiger partial charge in [0.25, 0.3) is 0 Å². The van der Waals surface area contributed by atoms with Crippen LogP contribution in [-0.2, 0) is 6.42 Å². The second kappa shape index (κ2) is 9.95. The third-order valence-electron chi connectivity index (χ3n) is 3.27. The molecule has 1 aromatic heterocycles. The Morgan fingerprint density at radius 1 is 1.33 bits per heavy atom. The van der Waals surface area contributed by atoms with Gasteiger partial charge in [-0.25, -0.2) is 0 Å². The van der Waals surface area contributed by atoms with Gasteiger partial charge in [0, 0.05) is 12.5 Å². The lowest BCUT2D eigenvalue weighted by Gasteiger charge is -2.17. The van der Waals surface area contributed by atoms with Crippen molar-refractivity contribution in [3.8, 4) is 0 Å². The van der Waals surface area contributed by atoms with E-state index in [1.807, 2.05) is 12.1 Å². The van der Waals surface area contributed by atoms with Crippen LogP contribution in [0.25, 0.3) is 0 Å². The zero-order valence-corrected chi connectivity index (χ0v) is 11.7. The molecule has 0 saturated carbocycles. The Morgan fingerprint density at radius 2 is 2.22 bits per heavy atom. The topological polar surface area (TPSA) is 25.2 Å². The zero-order chi connectivity index (χ0) is 13.1. The summed E-state index contributed by atoms with van der Waals surface area (Å²) in [6.07, 6.45) is 12.3. The Kier molecular flexibility index (Phi) is 8.32. The van der Waals surface area contributed by atoms with E-state index in [0.29, 0.717) is 6.04 Å². The maximum absolute atomic E-state index is 5.38. The van der Waals surface area contributed by atoms with Gasteiger partial charge in [0.05, 0.1) is 6.26 Å². The highest BCUT2D eigenvalue weighted by Crippen LogP contribution is 2.12. The Labute approximate surface area is 111 Å². The van der Waals surface area contributed by atoms with Crippen LogP contribution in [0.5, 0.6) is 0 Å². The van der Waals surface area contributed by atoms with Crippen LogP contribution < -0.4 is 5.32 Å². The lowest BCUT2D eigenvalue weighted by Crippen LogP contribution is -2.29. The Balaban J connectivity index is 2.15. The first-order chi connectivity index (χ1) is 8.86. The highest BCUT2D eigenvalue weighted by atomic mass is 16.3. The van der Waals surface area contributed by atoms with Gasteiger partial charge < -0.3 is 9.73 Å². The molecule has 1 aromatic rings. The smallest absolute Gasteiger partial charge is 0.103 e. The Bertz CT molecular complexity index is 292. The van der Waals surface area contributed by atoms with E-state index in [-0.39, 0.29) is 0 Å². The minimum atomic E-state index is 0.629. The van der Waals surface area contributed by atoms with E-state index in [4.69, 9.17) is 4.42 Å². The largest absolute Gasteiger partial charge is 0.469 e. The molecule has 2 heteroatoms. The highest BCUT2D eigenvalue weighted by molar-refractivity contribution is 4.98. The summed E-state index contributed by atoms with van der Waals surface area (Å²) in [6.45, 7) is 6.99. The first-order valence-corrected chi connectivity index (χ1v) is 7.23. The van der Waals surface area contributed by atoms with E-state index in [1.165, 1.54) is 32.1 Å². The van der Waals surface area contributed by atoms with Gasteiger partial charge >= 0.3 is 0 Å². The molecule has 18 heavy (non-hydrogen) atoms. The summed E-state index contributed by atoms with van der Waals surface area (Å²) in [5, 5.41) is 3.57. The van der Waals surface area contributed by atoms with E-state index in [2.05, 4.69) is 24.9 Å². The quantitative estimate of drug-likeness (QED) is 0.466. The number of hydrogen-bond donors (Lipinski definition) is 1. The standard InChI is InChI=1S/C16H27NO/c1-3-5-6-7-8-10-15(17-4-2)12-13-16-11-9-14-18-16/h3,9,11,14-15,17H,1,4-8,10,12-13H2,2H3. The zero-order valence-electron chi connectivity index (χ0n) is 11.7. The molecule has 102 valence electrons. The van der Waals surface area contributed by atoms with E-state index in [9.17, 15) is 0 Å². The first-order valence-electron chi connectivity index (χ1n) is 7.23. The van der Waals surface area contributed by atoms with Crippen molar-refractivity contribution in [2.45, 2.75) is 57.9 Å². The van der Waals surface area contributed by atoms with E-state index in [1.54, 1.807) is 6.26 Å². The average molecular weight is 249 g/mol. The predicted octanol–water partition coefficient (Wildman–Crippen LogP) is 4.33. The van der Waals surface area contributed by atoms with Gasteiger partial charge in [0.15, 0.2) is 0 Å². The van der Waals surface area contributed by atoms with Crippen molar-refractivity contribution in [1.29, 1.82) is 0 Å². The fraction of sp³-hybridized carbons (Fsp3) is 0.625. The molecule has 0 bridgehead atoms. The fourth-order valence-electron chi connectivity index (χ4n) is 2.26. The maximum Gasteiger partial charge on any atom is 0.103 e. The van der Waals surface area contributed by atoms with Crippen molar-refractivity contribution in [1.82, 2.24) is 5.32 Å². The Hall–Kier alpha value is -1.02. The van der Waals surface area contributed by atoms with E-state index < -0.39 is 0 Å². The fourth-order valence-corrected chi connectivity index (χ4v) is 2.26. The third-order valence-corrected chi connectivity index (χ3v) is 3.27. The van der Waals surface area contributed by atoms with Gasteiger partial charge in [0.1, 0.15) is 5.76 Å². The SMILES string of the molecule is C=CCCCCCC(CCc1ccco1)NCC. The molecular weight excluding hydrogens is 222 g/mol. The van der Waals surface area contributed by atoms with Gasteiger partial charge in [0.2, 0.25) is 0 Å². The summed E-state index contributed by atoms with van der Waals surface area (Å²) in [5.41, 5.74) is 0. The molecule has 0 aliphatic heterocycles. The molecule has 1 heterocycles. The van der Waals surface area contributed by atoms with Crippen molar-refractivity contribution < 1.29 is 4.42 Å². The van der Waals surface area contributed by atoms with Crippen LogP contribution in [0.3, 0.4) is 0 Å². The number of hydrogen-bond acceptors (Lipinski definition) is 2. The molecule has 0 saturated heterocycles. The molecule has 1 unspecified atom stereocenters. The molecule has 1 rings (SSSR count). The number of nitrogens with one attached hydrogen (secondary N) is 1. The van der Waals surface area contributed by atoms with Crippen molar-refractivity contribution in [3.05, 3.63) is 36.8 Å². The van der Waals surface area contributed by atoms with Crippen LogP contribution in [-0.4, -0.2) is 12.6 Å². The van der Waals surface area contributed by atoms with Crippen molar-refractivity contribution >= 4 is 0 Å². The van der Waals surface area contributed by atoms with Crippen LogP contribution in [0.1, 0.15) is 51.2 Å². The van der Waals surface area contributed by atoms with Crippen LogP contribution in [0.15, 0.2) is 35.5 Å². The molecule has 0 amide bonds. The predicted molar refractivity (Wildman–Crippen MR) is 77.8 cm³/mol. The van der Waals surface area contributed by atoms with Crippen LogP contribution >= 0.6 is 0 Å². The molecule has 0 aliphatic carbocycles. The number of rotatable bonds is 11. The number of aryl methyl sites for hydroxylation is 1. The van der Waals surface area contributed by atoms with Crippen molar-refractivity contribution in [3.63, 3.8) is 0 Å². The van der Waals surface area contributed by atoms with Gasteiger partial charge in [-0.2, -0.15) is 0 Å². The summed E-state index contributed by atoms with van der Waals surface area (Å²) in [7, 11) is 0. The van der Waals surface area contributed by atoms with Crippen LogP contribution in [0, 0.1) is 0 Å². The molecular formula is C16H27NO. The van der Waals surface area contributed by atoms with Crippen molar-refractivity contribution in [2.24, 2.45) is 0 Å². The van der Waals surface area contributed by atoms with Crippen LogP contribution in [0.4, 0.5) is 0 Å². The number of allylic oxidation sites excluding steroid dienone is 1. The van der Waals surface area contributed by atoms with Gasteiger partial charge in [-0.15, -0.1) is 6.58 Å². The average Bonchev–Trinajstić information content (AvgIpc) is 2.88. The maximum atomic E-state index is 5.38. The summed E-state index contributed by atoms with van der Waals surface area (Å²) in [4.78, 5) is 0. The van der Waals surface area contributed by atoms with Gasteiger partial charge in [-0.3, -0.25) is 0 Å². The van der Waals surface area contributed by atoms with Crippen LogP contribution in [0.2, 0.25) is 0 Å². The molecule has 0 aromatic carbocycles. The minimum Gasteiger partial charge on any atom is -0.469 e. The lowest BCUT2D eigenvalue weighted by atomic mass is 10.0. The van der Waals surface area contributed by atoms with Crippen molar-refractivity contribution in [2.75, 3.05) is 6.54 Å². The molecule has 1 atom stereocenters. The molecule has 2 nitrogen and oxygen atoms in total. The Morgan fingerprint density at radius 3 is 2.89 bits per heavy atom. The van der Waals surface area contributed by atoms with E-state index >= 15 is 0 Å². The normalized spacial score (nSPS) is 12.5. The first kappa shape index (κ1) is 15.0. The van der Waals surface area contributed by atoms with Gasteiger partial charge in [-0.05, 0) is 44.4 Å². The summed E-state index contributed by atoms with van der Waals surface area (Å²) in [6, 6.07) is 4.66. The monoisotopic (exact) mass is 249 g/mol. The summed E-state index contributed by atoms with van der Waals surface area (Å²) in [5.74, 6) is 1.10. The number of furan rings is 1. The summed E-state index contributed by atoms with van der Waals surface area (Å²) < 4.78 is 5.38. The highest BCUT2D eigenvalue weighted by Gasteiger charge is 2.08. The summed E-state index contributed by atoms with van der Waals surface area (Å²) >= 11 is 0. The minimum absolute atomic E-state index is 0.629. The van der Waals surface area contributed by atoms with E-state index in [0.717, 1.165) is 25.1 Å². The second-order valence-electron chi connectivity index (χ2n) is 4.80. The molecule has 1 N–H and O–H groups in total. The molecule has 0 spiro atoms. The number of unbranched alkanes of at least 4 members (excludes halogenated alkanes) is 3. The third kappa shape index (κ3) is 6.65. The van der Waals surface area contributed by atoms with Gasteiger partial charge in [-0.1, -0.05) is 25.8 Å². The molecule has 0 aliphatic rings. The lowest BCUT2D eigenvalue weighted by molar-refractivity contribution is 0.419.